The molecular weight excluding hydrogens is 278 g/mol. The van der Waals surface area contributed by atoms with E-state index in [1.54, 1.807) is 4.90 Å². The topological polar surface area (TPSA) is 46.6 Å². The van der Waals surface area contributed by atoms with Crippen molar-refractivity contribution >= 4 is 23.5 Å². The van der Waals surface area contributed by atoms with Crippen molar-refractivity contribution in [3.05, 3.63) is 35.9 Å². The van der Waals surface area contributed by atoms with E-state index in [1.165, 1.54) is 0 Å². The summed E-state index contributed by atoms with van der Waals surface area (Å²) in [6.07, 6.45) is 0.390. The summed E-state index contributed by atoms with van der Waals surface area (Å²) in [6, 6.07) is 9.50. The molecular formula is C15H16ClNO3. The lowest BCUT2D eigenvalue weighted by Gasteiger charge is -2.41. The Morgan fingerprint density at radius 3 is 2.80 bits per heavy atom. The Kier molecular flexibility index (Phi) is 3.66. The number of nitrogens with zero attached hydrogens (tertiary/aromatic N) is 1. The van der Waals surface area contributed by atoms with Crippen LogP contribution in [0.2, 0.25) is 0 Å². The molecule has 2 aliphatic rings. The average molecular weight is 294 g/mol. The fourth-order valence-corrected chi connectivity index (χ4v) is 3.47. The largest absolute Gasteiger partial charge is 0.445 e. The second-order valence-corrected chi connectivity index (χ2v) is 5.59. The van der Waals surface area contributed by atoms with Crippen molar-refractivity contribution in [3.63, 3.8) is 0 Å². The molecule has 1 aliphatic carbocycles. The molecule has 4 nitrogen and oxygen atoms in total. The van der Waals surface area contributed by atoms with Gasteiger partial charge in [0.25, 0.3) is 0 Å². The van der Waals surface area contributed by atoms with Gasteiger partial charge in [-0.05, 0) is 12.0 Å². The van der Waals surface area contributed by atoms with Gasteiger partial charge in [-0.1, -0.05) is 30.3 Å². The minimum atomic E-state index is -0.344. The minimum Gasteiger partial charge on any atom is -0.445 e. The number of carbonyl (C=O) groups is 2. The molecule has 20 heavy (non-hydrogen) atoms. The number of alkyl halides is 1. The highest BCUT2D eigenvalue weighted by Gasteiger charge is 2.56. The Labute approximate surface area is 122 Å². The van der Waals surface area contributed by atoms with Gasteiger partial charge in [0.15, 0.2) is 0 Å². The first kappa shape index (κ1) is 13.4. The summed E-state index contributed by atoms with van der Waals surface area (Å²) >= 11 is 5.81. The molecule has 106 valence electrons. The summed E-state index contributed by atoms with van der Waals surface area (Å²) in [7, 11) is 0. The Morgan fingerprint density at radius 2 is 2.10 bits per heavy atom. The molecule has 0 radical (unpaired) electrons. The SMILES string of the molecule is O=C1[C@@H](CCl)[C@@H]2[C@H]1CCN2C(=O)OCc1ccccc1. The van der Waals surface area contributed by atoms with Crippen LogP contribution in [-0.2, 0) is 16.1 Å². The Bertz CT molecular complexity index is 519. The molecule has 1 aromatic carbocycles. The van der Waals surface area contributed by atoms with Gasteiger partial charge in [-0.25, -0.2) is 4.79 Å². The van der Waals surface area contributed by atoms with E-state index in [-0.39, 0.29) is 42.2 Å². The van der Waals surface area contributed by atoms with Crippen molar-refractivity contribution in [1.29, 1.82) is 0 Å². The molecule has 0 bridgehead atoms. The molecule has 1 amide bonds. The average Bonchev–Trinajstić information content (AvgIpc) is 2.86. The number of amides is 1. The zero-order valence-electron chi connectivity index (χ0n) is 11.0. The number of hydrogen-bond donors (Lipinski definition) is 0. The molecule has 0 unspecified atom stereocenters. The predicted molar refractivity (Wildman–Crippen MR) is 74.4 cm³/mol. The molecule has 1 aromatic rings. The van der Waals surface area contributed by atoms with Crippen LogP contribution in [0.4, 0.5) is 4.79 Å². The van der Waals surface area contributed by atoms with Crippen LogP contribution < -0.4 is 0 Å². The zero-order valence-corrected chi connectivity index (χ0v) is 11.8. The lowest BCUT2D eigenvalue weighted by Crippen LogP contribution is -2.57. The first-order valence-corrected chi connectivity index (χ1v) is 7.33. The van der Waals surface area contributed by atoms with Crippen molar-refractivity contribution in [2.75, 3.05) is 12.4 Å². The number of hydrogen-bond acceptors (Lipinski definition) is 3. The number of carbonyl (C=O) groups excluding carboxylic acids is 2. The monoisotopic (exact) mass is 293 g/mol. The number of Topliss-reactive ketones (excluding diaryl/α,β-unsaturated/α-hetero) is 1. The third-order valence-electron chi connectivity index (χ3n) is 4.20. The normalized spacial score (nSPS) is 27.9. The van der Waals surface area contributed by atoms with Crippen molar-refractivity contribution in [2.45, 2.75) is 19.1 Å². The quantitative estimate of drug-likeness (QED) is 0.804. The summed E-state index contributed by atoms with van der Waals surface area (Å²) in [5, 5.41) is 0. The third-order valence-corrected chi connectivity index (χ3v) is 4.53. The molecule has 3 atom stereocenters. The Balaban J connectivity index is 1.59. The van der Waals surface area contributed by atoms with E-state index < -0.39 is 0 Å². The second-order valence-electron chi connectivity index (χ2n) is 5.28. The maximum Gasteiger partial charge on any atom is 0.410 e. The number of likely N-dealkylation sites (tertiary alicyclic amines) is 1. The van der Waals surface area contributed by atoms with E-state index in [1.807, 2.05) is 30.3 Å². The number of ketones is 1. The summed E-state index contributed by atoms with van der Waals surface area (Å²) < 4.78 is 5.33. The lowest BCUT2D eigenvalue weighted by molar-refractivity contribution is -0.138. The zero-order chi connectivity index (χ0) is 14.1. The molecule has 0 N–H and O–H groups in total. The number of ether oxygens (including phenoxy) is 1. The number of benzene rings is 1. The van der Waals surface area contributed by atoms with E-state index in [2.05, 4.69) is 0 Å². The van der Waals surface area contributed by atoms with Gasteiger partial charge < -0.3 is 9.64 Å². The van der Waals surface area contributed by atoms with E-state index >= 15 is 0 Å². The van der Waals surface area contributed by atoms with Gasteiger partial charge in [0.05, 0.1) is 12.0 Å². The summed E-state index contributed by atoms with van der Waals surface area (Å²) in [5.41, 5.74) is 0.954. The molecule has 5 heteroatoms. The van der Waals surface area contributed by atoms with Gasteiger partial charge in [-0.2, -0.15) is 0 Å². The van der Waals surface area contributed by atoms with Gasteiger partial charge in [-0.15, -0.1) is 11.6 Å². The first-order valence-electron chi connectivity index (χ1n) is 6.79. The van der Waals surface area contributed by atoms with Crippen LogP contribution in [0.3, 0.4) is 0 Å². The minimum absolute atomic E-state index is 0.0250. The molecule has 3 rings (SSSR count). The van der Waals surface area contributed by atoms with E-state index in [4.69, 9.17) is 16.3 Å². The van der Waals surface area contributed by atoms with Crippen molar-refractivity contribution in [1.82, 2.24) is 4.90 Å². The molecule has 1 saturated heterocycles. The van der Waals surface area contributed by atoms with Gasteiger partial charge >= 0.3 is 6.09 Å². The van der Waals surface area contributed by atoms with Crippen LogP contribution >= 0.6 is 11.6 Å². The van der Waals surface area contributed by atoms with Crippen molar-refractivity contribution in [3.8, 4) is 0 Å². The highest BCUT2D eigenvalue weighted by atomic mass is 35.5. The van der Waals surface area contributed by atoms with Gasteiger partial charge in [-0.3, -0.25) is 4.79 Å². The predicted octanol–water partition coefficient (Wildman–Crippen LogP) is 2.45. The molecule has 1 heterocycles. The lowest BCUT2D eigenvalue weighted by atomic mass is 9.70. The van der Waals surface area contributed by atoms with Gasteiger partial charge in [0, 0.05) is 18.3 Å². The van der Waals surface area contributed by atoms with Crippen LogP contribution in [0.5, 0.6) is 0 Å². The van der Waals surface area contributed by atoms with Crippen LogP contribution in [0, 0.1) is 11.8 Å². The number of fused-ring (bicyclic) bond motifs is 1. The van der Waals surface area contributed by atoms with Gasteiger partial charge in [0.1, 0.15) is 12.4 Å². The standard InChI is InChI=1S/C15H16ClNO3/c16-8-12-13-11(14(12)18)6-7-17(13)15(19)20-9-10-4-2-1-3-5-10/h1-5,11-13H,6-9H2/t11-,12+,13+/m1/s1. The van der Waals surface area contributed by atoms with Crippen LogP contribution in [0.1, 0.15) is 12.0 Å². The second kappa shape index (κ2) is 5.44. The van der Waals surface area contributed by atoms with Crippen LogP contribution in [0.15, 0.2) is 30.3 Å². The highest BCUT2D eigenvalue weighted by molar-refractivity contribution is 6.20. The molecule has 2 fully saturated rings. The number of rotatable bonds is 3. The molecule has 0 aromatic heterocycles. The first-order chi connectivity index (χ1) is 9.72. The van der Waals surface area contributed by atoms with E-state index in [0.29, 0.717) is 6.54 Å². The van der Waals surface area contributed by atoms with E-state index in [9.17, 15) is 9.59 Å². The van der Waals surface area contributed by atoms with Crippen molar-refractivity contribution < 1.29 is 14.3 Å². The summed E-state index contributed by atoms with van der Waals surface area (Å²) in [4.78, 5) is 25.6. The van der Waals surface area contributed by atoms with Crippen molar-refractivity contribution in [2.24, 2.45) is 11.8 Å². The Hall–Kier alpha value is -1.55. The van der Waals surface area contributed by atoms with Crippen LogP contribution in [0.25, 0.3) is 0 Å². The smallest absolute Gasteiger partial charge is 0.410 e. The summed E-state index contributed by atoms with van der Waals surface area (Å²) in [6.45, 7) is 0.842. The maximum atomic E-state index is 12.1. The fraction of sp³-hybridized carbons (Fsp3) is 0.467. The number of halogens is 1. The summed E-state index contributed by atoms with van der Waals surface area (Å²) in [5.74, 6) is 0.238. The highest BCUT2D eigenvalue weighted by Crippen LogP contribution is 2.42. The van der Waals surface area contributed by atoms with Crippen LogP contribution in [-0.4, -0.2) is 35.2 Å². The van der Waals surface area contributed by atoms with Gasteiger partial charge in [0.2, 0.25) is 0 Å². The van der Waals surface area contributed by atoms with E-state index in [0.717, 1.165) is 12.0 Å². The fourth-order valence-electron chi connectivity index (χ4n) is 3.13. The third kappa shape index (κ3) is 2.18. The molecule has 1 aliphatic heterocycles. The molecule has 1 saturated carbocycles. The maximum absolute atomic E-state index is 12.1. The molecule has 0 spiro atoms. The Morgan fingerprint density at radius 1 is 1.35 bits per heavy atom.